The monoisotopic (exact) mass is 363 g/mol. The van der Waals surface area contributed by atoms with Crippen LogP contribution in [0.5, 0.6) is 0 Å². The van der Waals surface area contributed by atoms with Crippen LogP contribution in [-0.2, 0) is 10.0 Å². The number of carbonyl (C=O) groups is 1. The molecule has 0 unspecified atom stereocenters. The number of nitrogens with zero attached hydrogens (tertiary/aromatic N) is 2. The van der Waals surface area contributed by atoms with Gasteiger partial charge in [0.1, 0.15) is 0 Å². The van der Waals surface area contributed by atoms with Crippen LogP contribution in [0.2, 0.25) is 0 Å². The fourth-order valence-electron chi connectivity index (χ4n) is 2.95. The number of rotatable bonds is 4. The van der Waals surface area contributed by atoms with Gasteiger partial charge in [0, 0.05) is 24.2 Å². The highest BCUT2D eigenvalue weighted by atomic mass is 32.2. The largest absolute Gasteiger partial charge is 0.338 e. The maximum absolute atomic E-state index is 12.8. The van der Waals surface area contributed by atoms with Crippen LogP contribution < -0.4 is 5.32 Å². The van der Waals surface area contributed by atoms with E-state index in [4.69, 9.17) is 4.52 Å². The third kappa shape index (κ3) is 3.74. The van der Waals surface area contributed by atoms with Crippen LogP contribution in [0.3, 0.4) is 0 Å². The Hall–Kier alpha value is -2.19. The Kier molecular flexibility index (Phi) is 4.91. The fraction of sp³-hybridized carbons (Fsp3) is 0.412. The molecule has 0 saturated carbocycles. The second-order valence-corrected chi connectivity index (χ2v) is 8.16. The topological polar surface area (TPSA) is 92.5 Å². The molecule has 2 aromatic rings. The van der Waals surface area contributed by atoms with Crippen LogP contribution in [0.15, 0.2) is 39.8 Å². The van der Waals surface area contributed by atoms with Crippen molar-refractivity contribution in [1.82, 2.24) is 9.46 Å². The molecule has 7 nitrogen and oxygen atoms in total. The number of amides is 1. The molecule has 1 amide bonds. The van der Waals surface area contributed by atoms with Crippen LogP contribution in [0.25, 0.3) is 0 Å². The molecule has 0 aliphatic carbocycles. The first-order valence-corrected chi connectivity index (χ1v) is 9.68. The van der Waals surface area contributed by atoms with E-state index in [-0.39, 0.29) is 22.7 Å². The summed E-state index contributed by atoms with van der Waals surface area (Å²) in [5.74, 6) is -0.132. The zero-order chi connectivity index (χ0) is 18.0. The first-order valence-electron chi connectivity index (χ1n) is 8.24. The summed E-state index contributed by atoms with van der Waals surface area (Å²) in [5, 5.41) is 6.27. The van der Waals surface area contributed by atoms with Gasteiger partial charge in [-0.15, -0.1) is 0 Å². The number of aryl methyl sites for hydroxylation is 1. The van der Waals surface area contributed by atoms with Gasteiger partial charge in [-0.3, -0.25) is 10.1 Å². The summed E-state index contributed by atoms with van der Waals surface area (Å²) in [6.45, 7) is 4.22. The van der Waals surface area contributed by atoms with E-state index >= 15 is 0 Å². The summed E-state index contributed by atoms with van der Waals surface area (Å²) in [4.78, 5) is 12.4. The van der Waals surface area contributed by atoms with Crippen molar-refractivity contribution in [2.24, 2.45) is 0 Å². The van der Waals surface area contributed by atoms with Gasteiger partial charge in [0.05, 0.1) is 10.6 Å². The number of hydrogen-bond acceptors (Lipinski definition) is 5. The number of anilines is 1. The molecule has 134 valence electrons. The maximum Gasteiger partial charge on any atom is 0.258 e. The molecule has 1 N–H and O–H groups in total. The lowest BCUT2D eigenvalue weighted by Crippen LogP contribution is -2.41. The molecule has 1 aliphatic heterocycles. The number of aromatic nitrogens is 1. The normalized spacial score (nSPS) is 18.9. The lowest BCUT2D eigenvalue weighted by atomic mass is 10.1. The molecule has 8 heteroatoms. The predicted octanol–water partition coefficient (Wildman–Crippen LogP) is 2.80. The number of piperidine rings is 1. The second-order valence-electron chi connectivity index (χ2n) is 6.27. The molecule has 1 saturated heterocycles. The van der Waals surface area contributed by atoms with Gasteiger partial charge in [0.2, 0.25) is 15.9 Å². The quantitative estimate of drug-likeness (QED) is 0.902. The van der Waals surface area contributed by atoms with E-state index in [2.05, 4.69) is 10.5 Å². The first-order chi connectivity index (χ1) is 11.9. The van der Waals surface area contributed by atoms with Gasteiger partial charge in [0.15, 0.2) is 0 Å². The minimum atomic E-state index is -3.54. The second kappa shape index (κ2) is 6.97. The van der Waals surface area contributed by atoms with Crippen molar-refractivity contribution in [3.8, 4) is 0 Å². The third-order valence-corrected chi connectivity index (χ3v) is 6.36. The van der Waals surface area contributed by atoms with E-state index < -0.39 is 10.0 Å². The number of hydrogen-bond donors (Lipinski definition) is 1. The lowest BCUT2D eigenvalue weighted by Gasteiger charge is -2.32. The van der Waals surface area contributed by atoms with E-state index in [0.717, 1.165) is 19.3 Å². The predicted molar refractivity (Wildman–Crippen MR) is 92.8 cm³/mol. The Morgan fingerprint density at radius 1 is 1.28 bits per heavy atom. The number of benzene rings is 1. The molecule has 3 rings (SSSR count). The Labute approximate surface area is 147 Å². The van der Waals surface area contributed by atoms with Crippen molar-refractivity contribution < 1.29 is 17.7 Å². The van der Waals surface area contributed by atoms with E-state index in [1.807, 2.05) is 6.92 Å². The molecule has 25 heavy (non-hydrogen) atoms. The minimum Gasteiger partial charge on any atom is -0.338 e. The smallest absolute Gasteiger partial charge is 0.258 e. The number of carbonyl (C=O) groups excluding carboxylic acids is 1. The van der Waals surface area contributed by atoms with Crippen molar-refractivity contribution in [1.29, 1.82) is 0 Å². The third-order valence-electron chi connectivity index (χ3n) is 4.33. The van der Waals surface area contributed by atoms with E-state index in [1.165, 1.54) is 24.3 Å². The van der Waals surface area contributed by atoms with Crippen molar-refractivity contribution >= 4 is 21.8 Å². The molecule has 0 spiro atoms. The fourth-order valence-corrected chi connectivity index (χ4v) is 4.65. The summed E-state index contributed by atoms with van der Waals surface area (Å²) < 4.78 is 32.0. The van der Waals surface area contributed by atoms with Crippen molar-refractivity contribution in [2.75, 3.05) is 11.9 Å². The summed E-state index contributed by atoms with van der Waals surface area (Å²) >= 11 is 0. The molecule has 1 fully saturated rings. The molecule has 0 radical (unpaired) electrons. The van der Waals surface area contributed by atoms with Gasteiger partial charge in [-0.1, -0.05) is 11.6 Å². The lowest BCUT2D eigenvalue weighted by molar-refractivity contribution is 0.102. The Morgan fingerprint density at radius 2 is 2.00 bits per heavy atom. The first kappa shape index (κ1) is 17.6. The Balaban J connectivity index is 1.76. The zero-order valence-corrected chi connectivity index (χ0v) is 15.0. The molecule has 2 heterocycles. The van der Waals surface area contributed by atoms with Crippen LogP contribution in [0.4, 0.5) is 5.88 Å². The summed E-state index contributed by atoms with van der Waals surface area (Å²) in [6, 6.07) is 7.54. The van der Waals surface area contributed by atoms with Crippen LogP contribution in [0.1, 0.15) is 42.2 Å². The molecule has 1 atom stereocenters. The Morgan fingerprint density at radius 3 is 2.60 bits per heavy atom. The van der Waals surface area contributed by atoms with Crippen LogP contribution in [-0.4, -0.2) is 36.4 Å². The maximum atomic E-state index is 12.8. The van der Waals surface area contributed by atoms with Gasteiger partial charge in [-0.05, 0) is 51.0 Å². The van der Waals surface area contributed by atoms with E-state index in [0.29, 0.717) is 17.8 Å². The minimum absolute atomic E-state index is 0.00332. The summed E-state index contributed by atoms with van der Waals surface area (Å²) in [5.41, 5.74) is 1.01. The standard InChI is InChI=1S/C17H21N3O4S/c1-12-11-16(24-19-12)18-17(21)14-6-8-15(9-7-14)25(22,23)20-10-4-3-5-13(20)2/h6-9,11,13H,3-5,10H2,1-2H3,(H,18,21)/t13-/m1/s1. The molecule has 1 aromatic carbocycles. The highest BCUT2D eigenvalue weighted by Crippen LogP contribution is 2.25. The highest BCUT2D eigenvalue weighted by Gasteiger charge is 2.30. The molecular weight excluding hydrogens is 342 g/mol. The van der Waals surface area contributed by atoms with Gasteiger partial charge >= 0.3 is 0 Å². The Bertz CT molecular complexity index is 858. The molecule has 0 bridgehead atoms. The van der Waals surface area contributed by atoms with E-state index in [9.17, 15) is 13.2 Å². The average molecular weight is 363 g/mol. The summed E-state index contributed by atoms with van der Waals surface area (Å²) in [6.07, 6.45) is 2.80. The molecule has 1 aromatic heterocycles. The molecular formula is C17H21N3O4S. The number of sulfonamides is 1. The van der Waals surface area contributed by atoms with Gasteiger partial charge < -0.3 is 4.52 Å². The van der Waals surface area contributed by atoms with Crippen LogP contribution in [0, 0.1) is 6.92 Å². The van der Waals surface area contributed by atoms with E-state index in [1.54, 1.807) is 17.3 Å². The van der Waals surface area contributed by atoms with Crippen molar-refractivity contribution in [3.63, 3.8) is 0 Å². The van der Waals surface area contributed by atoms with Gasteiger partial charge in [-0.25, -0.2) is 8.42 Å². The summed E-state index contributed by atoms with van der Waals surface area (Å²) in [7, 11) is -3.54. The SMILES string of the molecule is Cc1cc(NC(=O)c2ccc(S(=O)(=O)N3CCCC[C@H]3C)cc2)on1. The highest BCUT2D eigenvalue weighted by molar-refractivity contribution is 7.89. The number of nitrogens with one attached hydrogen (secondary N) is 1. The van der Waals surface area contributed by atoms with Crippen LogP contribution >= 0.6 is 0 Å². The molecule has 1 aliphatic rings. The van der Waals surface area contributed by atoms with Gasteiger partial charge in [-0.2, -0.15) is 4.31 Å². The average Bonchev–Trinajstić information content (AvgIpc) is 3.00. The van der Waals surface area contributed by atoms with Crippen molar-refractivity contribution in [3.05, 3.63) is 41.6 Å². The zero-order valence-electron chi connectivity index (χ0n) is 14.2. The van der Waals surface area contributed by atoms with Crippen molar-refractivity contribution in [2.45, 2.75) is 44.0 Å². The van der Waals surface area contributed by atoms with Gasteiger partial charge in [0.25, 0.3) is 5.91 Å².